The molecule has 0 aromatic carbocycles. The van der Waals surface area contributed by atoms with Gasteiger partial charge in [-0.2, -0.15) is 0 Å². The van der Waals surface area contributed by atoms with E-state index in [1.54, 1.807) is 0 Å². The molecule has 0 saturated carbocycles. The Kier molecular flexibility index (Phi) is 25.5. The van der Waals surface area contributed by atoms with Crippen LogP contribution >= 0.6 is 0 Å². The molecule has 0 spiro atoms. The van der Waals surface area contributed by atoms with Gasteiger partial charge in [0.1, 0.15) is 0 Å². The minimum Gasteiger partial charge on any atom is -0.412 e. The van der Waals surface area contributed by atoms with E-state index in [0.29, 0.717) is 0 Å². The second kappa shape index (κ2) is 8.82. The number of nitrogens with zero attached hydrogens (tertiary/aromatic N) is 1. The van der Waals surface area contributed by atoms with Gasteiger partial charge in [-0.3, -0.25) is 0 Å². The fourth-order valence-corrected chi connectivity index (χ4v) is 0. The first kappa shape index (κ1) is 17.3. The molecule has 6 heavy (non-hydrogen) atoms. The van der Waals surface area contributed by atoms with Crippen molar-refractivity contribution in [1.29, 1.82) is 0 Å². The van der Waals surface area contributed by atoms with Gasteiger partial charge >= 0.3 is 17.1 Å². The van der Waals surface area contributed by atoms with Gasteiger partial charge in [0.15, 0.2) is 0 Å². The van der Waals surface area contributed by atoms with Crippen LogP contribution < -0.4 is 0 Å². The zero-order valence-electron chi connectivity index (χ0n) is 2.53. The molecule has 0 amide bonds. The third kappa shape index (κ3) is 257. The van der Waals surface area contributed by atoms with Crippen molar-refractivity contribution in [2.24, 2.45) is 0 Å². The molecule has 0 aliphatic rings. The first-order valence-electron chi connectivity index (χ1n) is 0.548. The van der Waals surface area contributed by atoms with Gasteiger partial charge in [-0.1, -0.05) is 0 Å². The van der Waals surface area contributed by atoms with Crippen molar-refractivity contribution in [2.45, 2.75) is 0 Å². The molecule has 0 atom stereocenters. The third-order valence-corrected chi connectivity index (χ3v) is 0. The van der Waals surface area contributed by atoms with Crippen LogP contribution in [0.1, 0.15) is 0 Å². The molecule has 0 fully saturated rings. The summed E-state index contributed by atoms with van der Waals surface area (Å²) in [4.78, 5) is 8.25. The Hall–Kier alpha value is -0.321. The van der Waals surface area contributed by atoms with E-state index in [2.05, 4.69) is 0 Å². The van der Waals surface area contributed by atoms with E-state index in [4.69, 9.17) is 15.3 Å². The summed E-state index contributed by atoms with van der Waals surface area (Å²) < 4.78 is 0. The Balaban J connectivity index is -0.0000000450. The summed E-state index contributed by atoms with van der Waals surface area (Å²) in [6, 6.07) is 0. The summed E-state index contributed by atoms with van der Waals surface area (Å²) in [5, 5.41) is 14.8. The predicted molar refractivity (Wildman–Crippen MR) is 14.0 cm³/mol. The molecule has 2 N–H and O–H groups in total. The van der Waals surface area contributed by atoms with E-state index in [1.807, 2.05) is 0 Å². The quantitative estimate of drug-likeness (QED) is 0.241. The van der Waals surface area contributed by atoms with Gasteiger partial charge in [-0.05, 0) is 0 Å². The van der Waals surface area contributed by atoms with E-state index in [9.17, 15) is 0 Å². The SMILES string of the molecule is O.O=[N+]([O-])[O-].[Fe+3]. The Bertz CT molecular complexity index is 30.5. The Morgan fingerprint density at radius 2 is 1.33 bits per heavy atom. The molecule has 0 aliphatic carbocycles. The third-order valence-electron chi connectivity index (χ3n) is 0. The molecule has 0 aromatic rings. The van der Waals surface area contributed by atoms with Crippen LogP contribution in [0.3, 0.4) is 0 Å². The van der Waals surface area contributed by atoms with Crippen molar-refractivity contribution < 1.29 is 27.6 Å². The van der Waals surface area contributed by atoms with Gasteiger partial charge in [0.25, 0.3) is 0 Å². The zero-order chi connectivity index (χ0) is 3.58. The van der Waals surface area contributed by atoms with Gasteiger partial charge in [0, 0.05) is 0 Å². The standard InChI is InChI=1S/Fe.NO3.H2O/c;2-1(3)4;/h;;1H2/q+3;-1;. The van der Waals surface area contributed by atoms with Crippen molar-refractivity contribution in [2.75, 3.05) is 0 Å². The van der Waals surface area contributed by atoms with Crippen molar-refractivity contribution in [3.8, 4) is 0 Å². The molecule has 0 unspecified atom stereocenters. The van der Waals surface area contributed by atoms with Crippen molar-refractivity contribution in [3.05, 3.63) is 15.3 Å². The van der Waals surface area contributed by atoms with Crippen LogP contribution in [-0.2, 0) is 17.1 Å². The van der Waals surface area contributed by atoms with Crippen molar-refractivity contribution in [3.63, 3.8) is 0 Å². The van der Waals surface area contributed by atoms with Crippen LogP contribution in [0.4, 0.5) is 0 Å². The largest absolute Gasteiger partial charge is 3.00 e. The van der Waals surface area contributed by atoms with Gasteiger partial charge in [0.05, 0.1) is 5.09 Å². The van der Waals surface area contributed by atoms with Gasteiger partial charge < -0.3 is 20.8 Å². The molecule has 0 heterocycles. The molecule has 0 aromatic heterocycles. The molecular weight excluding hydrogens is 134 g/mol. The summed E-state index contributed by atoms with van der Waals surface area (Å²) in [6.45, 7) is 0. The van der Waals surface area contributed by atoms with Crippen LogP contribution in [-0.4, -0.2) is 10.6 Å². The Morgan fingerprint density at radius 1 is 1.33 bits per heavy atom. The maximum absolute atomic E-state index is 8.25. The molecule has 37 valence electrons. The topological polar surface area (TPSA) is 97.7 Å². The van der Waals surface area contributed by atoms with E-state index in [0.717, 1.165) is 0 Å². The minimum atomic E-state index is -1.75. The summed E-state index contributed by atoms with van der Waals surface area (Å²) in [7, 11) is 0. The summed E-state index contributed by atoms with van der Waals surface area (Å²) in [5.41, 5.74) is 0. The molecule has 0 saturated heterocycles. The minimum absolute atomic E-state index is 0. The van der Waals surface area contributed by atoms with E-state index in [1.165, 1.54) is 0 Å². The zero-order valence-corrected chi connectivity index (χ0v) is 3.63. The second-order valence-electron chi connectivity index (χ2n) is 0.224. The monoisotopic (exact) mass is 136 g/mol. The van der Waals surface area contributed by atoms with Crippen LogP contribution in [0.15, 0.2) is 0 Å². The molecule has 1 radical (unpaired) electrons. The summed E-state index contributed by atoms with van der Waals surface area (Å²) >= 11 is 0. The fraction of sp³-hybridized carbons (Fsp3) is 0. The maximum Gasteiger partial charge on any atom is 3.00 e. The van der Waals surface area contributed by atoms with Crippen molar-refractivity contribution in [1.82, 2.24) is 0 Å². The number of hydrogen-bond acceptors (Lipinski definition) is 3. The predicted octanol–water partition coefficient (Wildman–Crippen LogP) is -1.07. The molecule has 0 aliphatic heterocycles. The Labute approximate surface area is 43.9 Å². The van der Waals surface area contributed by atoms with Gasteiger partial charge in [-0.15, -0.1) is 0 Å². The van der Waals surface area contributed by atoms with Gasteiger partial charge in [0.2, 0.25) is 0 Å². The average molecular weight is 136 g/mol. The normalized spacial score (nSPS) is 4.00. The molecular formula is H2FeNO4+2. The molecule has 0 bridgehead atoms. The maximum atomic E-state index is 8.25. The number of hydrogen-bond donors (Lipinski definition) is 0. The smallest absolute Gasteiger partial charge is 0.412 e. The molecule has 6 heteroatoms. The first-order chi connectivity index (χ1) is 1.73. The van der Waals surface area contributed by atoms with E-state index in [-0.39, 0.29) is 22.5 Å². The van der Waals surface area contributed by atoms with Crippen molar-refractivity contribution >= 4 is 0 Å². The van der Waals surface area contributed by atoms with E-state index < -0.39 is 5.09 Å². The molecule has 0 rings (SSSR count). The van der Waals surface area contributed by atoms with E-state index >= 15 is 0 Å². The summed E-state index contributed by atoms with van der Waals surface area (Å²) in [6.07, 6.45) is 0. The first-order valence-corrected chi connectivity index (χ1v) is 0.548. The van der Waals surface area contributed by atoms with Gasteiger partial charge in [-0.25, -0.2) is 0 Å². The summed E-state index contributed by atoms with van der Waals surface area (Å²) in [5.74, 6) is 0. The molecule has 5 nitrogen and oxygen atoms in total. The van der Waals surface area contributed by atoms with Crippen LogP contribution in [0.2, 0.25) is 0 Å². The number of rotatable bonds is 0. The van der Waals surface area contributed by atoms with Crippen LogP contribution in [0.5, 0.6) is 0 Å². The van der Waals surface area contributed by atoms with Crippen LogP contribution in [0.25, 0.3) is 0 Å². The fourth-order valence-electron chi connectivity index (χ4n) is 0. The second-order valence-corrected chi connectivity index (χ2v) is 0.224. The Morgan fingerprint density at radius 3 is 1.33 bits per heavy atom. The van der Waals surface area contributed by atoms with Crippen LogP contribution in [0, 0.1) is 15.3 Å². The average Bonchev–Trinajstić information content (AvgIpc) is 0.811.